The van der Waals surface area contributed by atoms with Crippen molar-refractivity contribution in [2.75, 3.05) is 18.9 Å². The van der Waals surface area contributed by atoms with Gasteiger partial charge in [0.15, 0.2) is 6.61 Å². The highest BCUT2D eigenvalue weighted by Gasteiger charge is 2.36. The SMILES string of the molecule is Nc1ccc(OCC(=O)N(CC2CC2)C2CC2)cc1. The van der Waals surface area contributed by atoms with E-state index < -0.39 is 0 Å². The van der Waals surface area contributed by atoms with E-state index in [0.29, 0.717) is 17.5 Å². The van der Waals surface area contributed by atoms with Gasteiger partial charge in [-0.15, -0.1) is 0 Å². The van der Waals surface area contributed by atoms with Crippen molar-refractivity contribution in [3.05, 3.63) is 24.3 Å². The Hall–Kier alpha value is -1.71. The van der Waals surface area contributed by atoms with E-state index in [1.54, 1.807) is 24.3 Å². The second kappa shape index (κ2) is 5.11. The highest BCUT2D eigenvalue weighted by Crippen LogP contribution is 2.34. The van der Waals surface area contributed by atoms with E-state index in [2.05, 4.69) is 0 Å². The van der Waals surface area contributed by atoms with Crippen LogP contribution in [-0.2, 0) is 4.79 Å². The first kappa shape index (κ1) is 12.3. The standard InChI is InChI=1S/C15H20N2O2/c16-12-3-7-14(8-4-12)19-10-15(18)17(13-5-6-13)9-11-1-2-11/h3-4,7-8,11,13H,1-2,5-6,9-10,16H2. The van der Waals surface area contributed by atoms with E-state index in [1.807, 2.05) is 4.90 Å². The molecule has 0 aliphatic heterocycles. The van der Waals surface area contributed by atoms with Gasteiger partial charge in [-0.25, -0.2) is 0 Å². The molecule has 0 atom stereocenters. The molecule has 0 saturated heterocycles. The smallest absolute Gasteiger partial charge is 0.260 e. The zero-order chi connectivity index (χ0) is 13.2. The van der Waals surface area contributed by atoms with Crippen molar-refractivity contribution in [3.8, 4) is 5.75 Å². The van der Waals surface area contributed by atoms with Crippen LogP contribution in [0.1, 0.15) is 25.7 Å². The number of nitrogens with zero attached hydrogens (tertiary/aromatic N) is 1. The number of carbonyl (C=O) groups excluding carboxylic acids is 1. The van der Waals surface area contributed by atoms with Crippen molar-refractivity contribution < 1.29 is 9.53 Å². The molecule has 0 bridgehead atoms. The lowest BCUT2D eigenvalue weighted by Crippen LogP contribution is -2.38. The highest BCUT2D eigenvalue weighted by atomic mass is 16.5. The Balaban J connectivity index is 1.52. The molecule has 0 aromatic heterocycles. The number of amides is 1. The van der Waals surface area contributed by atoms with Crippen molar-refractivity contribution in [1.29, 1.82) is 0 Å². The monoisotopic (exact) mass is 260 g/mol. The first-order valence-electron chi connectivity index (χ1n) is 7.00. The van der Waals surface area contributed by atoms with Gasteiger partial charge in [-0.1, -0.05) is 0 Å². The number of hydrogen-bond acceptors (Lipinski definition) is 3. The fraction of sp³-hybridized carbons (Fsp3) is 0.533. The first-order valence-corrected chi connectivity index (χ1v) is 7.00. The van der Waals surface area contributed by atoms with E-state index in [1.165, 1.54) is 12.8 Å². The van der Waals surface area contributed by atoms with Gasteiger partial charge in [0.05, 0.1) is 0 Å². The van der Waals surface area contributed by atoms with E-state index in [4.69, 9.17) is 10.5 Å². The van der Waals surface area contributed by atoms with Gasteiger partial charge in [0, 0.05) is 18.3 Å². The normalized spacial score (nSPS) is 18.1. The third-order valence-corrected chi connectivity index (χ3v) is 3.70. The predicted octanol–water partition coefficient (Wildman–Crippen LogP) is 2.05. The summed E-state index contributed by atoms with van der Waals surface area (Å²) >= 11 is 0. The second-order valence-electron chi connectivity index (χ2n) is 5.58. The number of carbonyl (C=O) groups is 1. The second-order valence-corrected chi connectivity index (χ2v) is 5.58. The Bertz CT molecular complexity index is 450. The molecule has 19 heavy (non-hydrogen) atoms. The summed E-state index contributed by atoms with van der Waals surface area (Å²) in [7, 11) is 0. The summed E-state index contributed by atoms with van der Waals surface area (Å²) in [4.78, 5) is 14.2. The van der Waals surface area contributed by atoms with Gasteiger partial charge in [-0.2, -0.15) is 0 Å². The van der Waals surface area contributed by atoms with Crippen molar-refractivity contribution in [2.45, 2.75) is 31.7 Å². The fourth-order valence-corrected chi connectivity index (χ4v) is 2.21. The zero-order valence-electron chi connectivity index (χ0n) is 11.0. The maximum atomic E-state index is 12.2. The molecule has 1 aromatic rings. The summed E-state index contributed by atoms with van der Waals surface area (Å²) < 4.78 is 5.54. The molecule has 2 saturated carbocycles. The summed E-state index contributed by atoms with van der Waals surface area (Å²) in [6.45, 7) is 1.06. The number of anilines is 1. The first-order chi connectivity index (χ1) is 9.22. The molecule has 2 fully saturated rings. The summed E-state index contributed by atoms with van der Waals surface area (Å²) in [5.41, 5.74) is 6.31. The van der Waals surface area contributed by atoms with Crippen molar-refractivity contribution in [3.63, 3.8) is 0 Å². The van der Waals surface area contributed by atoms with Crippen LogP contribution in [0.25, 0.3) is 0 Å². The highest BCUT2D eigenvalue weighted by molar-refractivity contribution is 5.78. The molecule has 0 radical (unpaired) electrons. The van der Waals surface area contributed by atoms with Gasteiger partial charge in [-0.3, -0.25) is 4.79 Å². The van der Waals surface area contributed by atoms with Crippen LogP contribution in [-0.4, -0.2) is 30.0 Å². The van der Waals surface area contributed by atoms with Gasteiger partial charge < -0.3 is 15.4 Å². The van der Waals surface area contributed by atoms with Crippen LogP contribution in [0.2, 0.25) is 0 Å². The summed E-state index contributed by atoms with van der Waals surface area (Å²) in [5, 5.41) is 0. The van der Waals surface area contributed by atoms with Crippen LogP contribution >= 0.6 is 0 Å². The molecule has 2 aliphatic carbocycles. The molecule has 3 rings (SSSR count). The fourth-order valence-electron chi connectivity index (χ4n) is 2.21. The molecule has 2 aliphatic rings. The van der Waals surface area contributed by atoms with Crippen LogP contribution < -0.4 is 10.5 Å². The lowest BCUT2D eigenvalue weighted by atomic mass is 10.3. The van der Waals surface area contributed by atoms with Gasteiger partial charge >= 0.3 is 0 Å². The van der Waals surface area contributed by atoms with E-state index >= 15 is 0 Å². The lowest BCUT2D eigenvalue weighted by Gasteiger charge is -2.22. The summed E-state index contributed by atoms with van der Waals surface area (Å²) in [5.74, 6) is 1.55. The third kappa shape index (κ3) is 3.40. The molecular formula is C15H20N2O2. The Kier molecular flexibility index (Phi) is 3.32. The van der Waals surface area contributed by atoms with Gasteiger partial charge in [0.25, 0.3) is 5.91 Å². The number of nitrogen functional groups attached to an aromatic ring is 1. The van der Waals surface area contributed by atoms with E-state index in [0.717, 1.165) is 25.3 Å². The Morgan fingerprint density at radius 1 is 1.21 bits per heavy atom. The van der Waals surface area contributed by atoms with Gasteiger partial charge in [0.1, 0.15) is 5.75 Å². The van der Waals surface area contributed by atoms with Gasteiger partial charge in [-0.05, 0) is 55.9 Å². The Morgan fingerprint density at radius 2 is 1.89 bits per heavy atom. The molecule has 4 nitrogen and oxygen atoms in total. The Morgan fingerprint density at radius 3 is 2.47 bits per heavy atom. The average Bonchev–Trinajstić information content (AvgIpc) is 3.27. The van der Waals surface area contributed by atoms with Gasteiger partial charge in [0.2, 0.25) is 0 Å². The number of nitrogens with two attached hydrogens (primary N) is 1. The minimum Gasteiger partial charge on any atom is -0.484 e. The lowest BCUT2D eigenvalue weighted by molar-refractivity contribution is -0.134. The predicted molar refractivity (Wildman–Crippen MR) is 73.8 cm³/mol. The molecule has 1 amide bonds. The number of ether oxygens (including phenoxy) is 1. The van der Waals surface area contributed by atoms with Crippen molar-refractivity contribution in [2.24, 2.45) is 5.92 Å². The number of benzene rings is 1. The van der Waals surface area contributed by atoms with Crippen molar-refractivity contribution >= 4 is 11.6 Å². The zero-order valence-corrected chi connectivity index (χ0v) is 11.0. The minimum absolute atomic E-state index is 0.117. The van der Waals surface area contributed by atoms with Crippen LogP contribution in [0.4, 0.5) is 5.69 Å². The molecule has 102 valence electrons. The van der Waals surface area contributed by atoms with Crippen LogP contribution in [0.15, 0.2) is 24.3 Å². The van der Waals surface area contributed by atoms with Crippen LogP contribution in [0.5, 0.6) is 5.75 Å². The molecular weight excluding hydrogens is 240 g/mol. The Labute approximate surface area is 113 Å². The average molecular weight is 260 g/mol. The molecule has 2 N–H and O–H groups in total. The third-order valence-electron chi connectivity index (χ3n) is 3.70. The molecule has 0 heterocycles. The maximum Gasteiger partial charge on any atom is 0.260 e. The molecule has 4 heteroatoms. The molecule has 0 unspecified atom stereocenters. The molecule has 1 aromatic carbocycles. The van der Waals surface area contributed by atoms with Crippen molar-refractivity contribution in [1.82, 2.24) is 4.90 Å². The summed E-state index contributed by atoms with van der Waals surface area (Å²) in [6.07, 6.45) is 4.85. The largest absolute Gasteiger partial charge is 0.484 e. The van der Waals surface area contributed by atoms with E-state index in [-0.39, 0.29) is 12.5 Å². The van der Waals surface area contributed by atoms with Crippen LogP contribution in [0, 0.1) is 5.92 Å². The quantitative estimate of drug-likeness (QED) is 0.796. The van der Waals surface area contributed by atoms with E-state index in [9.17, 15) is 4.79 Å². The topological polar surface area (TPSA) is 55.6 Å². The maximum absolute atomic E-state index is 12.2. The minimum atomic E-state index is 0.117. The molecule has 0 spiro atoms. The number of rotatable bonds is 6. The number of hydrogen-bond donors (Lipinski definition) is 1. The summed E-state index contributed by atoms with van der Waals surface area (Å²) in [6, 6.07) is 7.63. The van der Waals surface area contributed by atoms with Crippen LogP contribution in [0.3, 0.4) is 0 Å².